The van der Waals surface area contributed by atoms with Gasteiger partial charge in [0.2, 0.25) is 11.8 Å². The van der Waals surface area contributed by atoms with Crippen LogP contribution in [0.5, 0.6) is 0 Å². The maximum Gasteiger partial charge on any atom is 0.271 e. The number of hydrogen-bond acceptors (Lipinski definition) is 4. The number of rotatable bonds is 4. The molecule has 9 heteroatoms. The van der Waals surface area contributed by atoms with Gasteiger partial charge >= 0.3 is 0 Å². The Kier molecular flexibility index (Phi) is 6.34. The first-order valence-corrected chi connectivity index (χ1v) is 10.0. The van der Waals surface area contributed by atoms with Crippen molar-refractivity contribution in [3.8, 4) is 0 Å². The van der Waals surface area contributed by atoms with Crippen LogP contribution in [0.25, 0.3) is 0 Å². The molecular weight excluding hydrogens is 462 g/mol. The van der Waals surface area contributed by atoms with Crippen LogP contribution >= 0.6 is 27.5 Å². The first-order chi connectivity index (χ1) is 13.8. The molecule has 1 atom stereocenters. The summed E-state index contributed by atoms with van der Waals surface area (Å²) in [4.78, 5) is 51.6. The predicted molar refractivity (Wildman–Crippen MR) is 111 cm³/mol. The summed E-state index contributed by atoms with van der Waals surface area (Å²) < 4.78 is 0.540. The number of benzene rings is 2. The highest BCUT2D eigenvalue weighted by atomic mass is 79.9. The quantitative estimate of drug-likeness (QED) is 0.539. The van der Waals surface area contributed by atoms with E-state index in [9.17, 15) is 19.2 Å². The Bertz CT molecular complexity index is 980. The molecule has 0 bridgehead atoms. The molecule has 0 saturated carbocycles. The minimum Gasteiger partial charge on any atom is -0.274 e. The molecule has 1 saturated heterocycles. The Labute approximate surface area is 180 Å². The van der Waals surface area contributed by atoms with Gasteiger partial charge in [0.15, 0.2) is 0 Å². The van der Waals surface area contributed by atoms with Gasteiger partial charge < -0.3 is 0 Å². The lowest BCUT2D eigenvalue weighted by molar-refractivity contribution is -0.140. The third-order valence-electron chi connectivity index (χ3n) is 4.43. The van der Waals surface area contributed by atoms with E-state index in [2.05, 4.69) is 21.4 Å². The van der Waals surface area contributed by atoms with Crippen molar-refractivity contribution in [2.75, 3.05) is 4.90 Å². The summed E-state index contributed by atoms with van der Waals surface area (Å²) >= 11 is 9.15. The Morgan fingerprint density at radius 1 is 1.17 bits per heavy atom. The zero-order valence-electron chi connectivity index (χ0n) is 15.4. The second-order valence-electron chi connectivity index (χ2n) is 6.30. The summed E-state index contributed by atoms with van der Waals surface area (Å²) in [5, 5.41) is 1.42. The molecule has 1 aliphatic rings. The van der Waals surface area contributed by atoms with Gasteiger partial charge in [-0.05, 0) is 52.3 Å². The SMILES string of the molecule is CCC(=O)N(NC(=O)c1ccccc1Br)C1CC(=O)N(c2ccc(Cl)cc2)C1=O. The molecule has 1 heterocycles. The Balaban J connectivity index is 1.87. The molecule has 1 unspecified atom stereocenters. The van der Waals surface area contributed by atoms with Crippen molar-refractivity contribution in [3.63, 3.8) is 0 Å². The standard InChI is InChI=1S/C20H17BrClN3O4/c1-2-17(26)25(23-19(28)14-5-3-4-6-15(14)21)16-11-18(27)24(20(16)29)13-9-7-12(22)8-10-13/h3-10,16H,2,11H2,1H3,(H,23,28). The van der Waals surface area contributed by atoms with Gasteiger partial charge in [0.05, 0.1) is 17.7 Å². The summed E-state index contributed by atoms with van der Waals surface area (Å²) in [5.41, 5.74) is 3.15. The molecule has 2 aromatic rings. The lowest BCUT2D eigenvalue weighted by Gasteiger charge is -2.27. The minimum absolute atomic E-state index is 0.0507. The molecule has 0 radical (unpaired) electrons. The number of carbonyl (C=O) groups excluding carboxylic acids is 4. The van der Waals surface area contributed by atoms with E-state index in [1.165, 1.54) is 0 Å². The highest BCUT2D eigenvalue weighted by molar-refractivity contribution is 9.10. The van der Waals surface area contributed by atoms with Gasteiger partial charge in [-0.15, -0.1) is 0 Å². The summed E-state index contributed by atoms with van der Waals surface area (Å²) in [6.45, 7) is 1.61. The van der Waals surface area contributed by atoms with Gasteiger partial charge in [0, 0.05) is 15.9 Å². The molecule has 150 valence electrons. The van der Waals surface area contributed by atoms with Crippen molar-refractivity contribution in [3.05, 3.63) is 63.6 Å². The van der Waals surface area contributed by atoms with Gasteiger partial charge in [-0.25, -0.2) is 9.91 Å². The molecule has 4 amide bonds. The van der Waals surface area contributed by atoms with Gasteiger partial charge in [0.1, 0.15) is 6.04 Å². The largest absolute Gasteiger partial charge is 0.274 e. The van der Waals surface area contributed by atoms with Crippen LogP contribution in [0.15, 0.2) is 53.0 Å². The first kappa shape index (κ1) is 21.0. The lowest BCUT2D eigenvalue weighted by Crippen LogP contribution is -2.54. The second kappa shape index (κ2) is 8.75. The summed E-state index contributed by atoms with van der Waals surface area (Å²) in [5.74, 6) is -2.10. The molecule has 0 aromatic heterocycles. The van der Waals surface area contributed by atoms with E-state index in [4.69, 9.17) is 11.6 Å². The van der Waals surface area contributed by atoms with E-state index in [0.29, 0.717) is 20.7 Å². The predicted octanol–water partition coefficient (Wildman–Crippen LogP) is 3.32. The van der Waals surface area contributed by atoms with Gasteiger partial charge in [-0.1, -0.05) is 30.7 Å². The Morgan fingerprint density at radius 3 is 2.45 bits per heavy atom. The third kappa shape index (κ3) is 4.33. The summed E-state index contributed by atoms with van der Waals surface area (Å²) in [6, 6.07) is 11.8. The fourth-order valence-electron chi connectivity index (χ4n) is 2.98. The molecule has 29 heavy (non-hydrogen) atoms. The van der Waals surface area contributed by atoms with Crippen molar-refractivity contribution in [2.24, 2.45) is 0 Å². The molecule has 3 rings (SSSR count). The van der Waals surface area contributed by atoms with E-state index in [1.807, 2.05) is 0 Å². The highest BCUT2D eigenvalue weighted by Crippen LogP contribution is 2.27. The molecule has 1 aliphatic heterocycles. The van der Waals surface area contributed by atoms with Crippen molar-refractivity contribution in [2.45, 2.75) is 25.8 Å². The van der Waals surface area contributed by atoms with Crippen molar-refractivity contribution >= 4 is 56.8 Å². The number of hydrazine groups is 1. The van der Waals surface area contributed by atoms with Gasteiger partial charge in [-0.2, -0.15) is 0 Å². The topological polar surface area (TPSA) is 86.8 Å². The molecule has 0 spiro atoms. The zero-order chi connectivity index (χ0) is 21.1. The Morgan fingerprint density at radius 2 is 1.83 bits per heavy atom. The van der Waals surface area contributed by atoms with E-state index in [-0.39, 0.29) is 12.8 Å². The van der Waals surface area contributed by atoms with Gasteiger partial charge in [0.25, 0.3) is 11.8 Å². The molecule has 7 nitrogen and oxygen atoms in total. The van der Waals surface area contributed by atoms with Crippen LogP contribution in [0.1, 0.15) is 30.1 Å². The number of amides is 4. The monoisotopic (exact) mass is 477 g/mol. The van der Waals surface area contributed by atoms with Crippen LogP contribution in [0.3, 0.4) is 0 Å². The van der Waals surface area contributed by atoms with Crippen molar-refractivity contribution in [1.29, 1.82) is 0 Å². The van der Waals surface area contributed by atoms with Crippen LogP contribution in [0.4, 0.5) is 5.69 Å². The number of anilines is 1. The number of halogens is 2. The maximum absolute atomic E-state index is 13.0. The smallest absolute Gasteiger partial charge is 0.271 e. The van der Waals surface area contributed by atoms with E-state index in [1.54, 1.807) is 55.5 Å². The van der Waals surface area contributed by atoms with Crippen molar-refractivity contribution in [1.82, 2.24) is 10.4 Å². The molecule has 0 aliphatic carbocycles. The van der Waals surface area contributed by atoms with Crippen LogP contribution in [-0.2, 0) is 14.4 Å². The maximum atomic E-state index is 13.0. The minimum atomic E-state index is -1.13. The highest BCUT2D eigenvalue weighted by Gasteiger charge is 2.45. The summed E-state index contributed by atoms with van der Waals surface area (Å²) in [6.07, 6.45) is -0.182. The lowest BCUT2D eigenvalue weighted by atomic mass is 10.2. The van der Waals surface area contributed by atoms with Gasteiger partial charge in [-0.3, -0.25) is 24.6 Å². The number of imide groups is 1. The van der Waals surface area contributed by atoms with Crippen LogP contribution in [-0.4, -0.2) is 34.7 Å². The van der Waals surface area contributed by atoms with E-state index in [0.717, 1.165) is 9.91 Å². The fourth-order valence-corrected chi connectivity index (χ4v) is 3.57. The summed E-state index contributed by atoms with van der Waals surface area (Å²) in [7, 11) is 0. The average molecular weight is 479 g/mol. The average Bonchev–Trinajstić information content (AvgIpc) is 3.00. The number of hydrogen-bond donors (Lipinski definition) is 1. The number of nitrogens with one attached hydrogen (secondary N) is 1. The van der Waals surface area contributed by atoms with Crippen LogP contribution in [0, 0.1) is 0 Å². The number of carbonyl (C=O) groups is 4. The zero-order valence-corrected chi connectivity index (χ0v) is 17.7. The van der Waals surface area contributed by atoms with Crippen LogP contribution in [0.2, 0.25) is 5.02 Å². The molecule has 1 N–H and O–H groups in total. The van der Waals surface area contributed by atoms with E-state index < -0.39 is 29.7 Å². The molecular formula is C20H17BrClN3O4. The second-order valence-corrected chi connectivity index (χ2v) is 7.59. The van der Waals surface area contributed by atoms with Crippen LogP contribution < -0.4 is 10.3 Å². The Hall–Kier alpha value is -2.71. The number of nitrogens with zero attached hydrogens (tertiary/aromatic N) is 2. The molecule has 2 aromatic carbocycles. The first-order valence-electron chi connectivity index (χ1n) is 8.83. The van der Waals surface area contributed by atoms with Crippen molar-refractivity contribution < 1.29 is 19.2 Å². The fraction of sp³-hybridized carbons (Fsp3) is 0.200. The normalized spacial score (nSPS) is 16.1. The van der Waals surface area contributed by atoms with E-state index >= 15 is 0 Å². The molecule has 1 fully saturated rings. The third-order valence-corrected chi connectivity index (χ3v) is 5.37.